The largest absolute Gasteiger partial charge is 0.474 e. The van der Waals surface area contributed by atoms with Crippen molar-refractivity contribution < 1.29 is 4.74 Å². The molecule has 138 valence electrons. The molecular weight excluding hydrogens is 324 g/mol. The van der Waals surface area contributed by atoms with Gasteiger partial charge in [0.2, 0.25) is 5.88 Å². The summed E-state index contributed by atoms with van der Waals surface area (Å²) in [6.07, 6.45) is 10.4. The lowest BCUT2D eigenvalue weighted by Gasteiger charge is -2.32. The number of nitrogens with one attached hydrogen (secondary N) is 1. The van der Waals surface area contributed by atoms with Gasteiger partial charge in [0.15, 0.2) is 0 Å². The highest BCUT2D eigenvalue weighted by atomic mass is 16.5. The van der Waals surface area contributed by atoms with Crippen molar-refractivity contribution in [3.05, 3.63) is 23.5 Å². The molecule has 1 fully saturated rings. The Labute approximate surface area is 155 Å². The van der Waals surface area contributed by atoms with Crippen LogP contribution in [0, 0.1) is 11.3 Å². The monoisotopic (exact) mass is 352 g/mol. The number of aromatic amines is 1. The molecule has 0 spiro atoms. The van der Waals surface area contributed by atoms with E-state index in [1.54, 1.807) is 6.33 Å². The predicted octanol–water partition coefficient (Wildman–Crippen LogP) is 4.10. The Morgan fingerprint density at radius 3 is 2.81 bits per heavy atom. The maximum atomic E-state index is 8.97. The lowest BCUT2D eigenvalue weighted by Crippen LogP contribution is -2.35. The summed E-state index contributed by atoms with van der Waals surface area (Å²) in [4.78, 5) is 10.2. The Bertz CT molecular complexity index is 767. The van der Waals surface area contributed by atoms with E-state index in [2.05, 4.69) is 41.1 Å². The third-order valence-corrected chi connectivity index (χ3v) is 6.25. The van der Waals surface area contributed by atoms with E-state index in [0.29, 0.717) is 18.4 Å². The molecule has 0 amide bonds. The number of aryl methyl sites for hydroxylation is 1. The Morgan fingerprint density at radius 1 is 1.27 bits per heavy atom. The maximum absolute atomic E-state index is 8.97. The SMILES string of the molecule is CN(C)C1CCC(Oc2nc[nH]c3cc4c(c2-3)[C@@H](CCC#N)CC4)CC1. The first-order chi connectivity index (χ1) is 12.7. The summed E-state index contributed by atoms with van der Waals surface area (Å²) in [5.41, 5.74) is 5.09. The minimum atomic E-state index is 0.258. The molecule has 26 heavy (non-hydrogen) atoms. The van der Waals surface area contributed by atoms with Crippen LogP contribution in [0.3, 0.4) is 0 Å². The van der Waals surface area contributed by atoms with Gasteiger partial charge in [-0.15, -0.1) is 0 Å². The van der Waals surface area contributed by atoms with Gasteiger partial charge in [0.25, 0.3) is 0 Å². The van der Waals surface area contributed by atoms with Crippen molar-refractivity contribution in [1.29, 1.82) is 5.26 Å². The van der Waals surface area contributed by atoms with Crippen LogP contribution in [-0.4, -0.2) is 41.1 Å². The molecule has 1 N–H and O–H groups in total. The summed E-state index contributed by atoms with van der Waals surface area (Å²) in [6.45, 7) is 0. The van der Waals surface area contributed by atoms with Crippen LogP contribution in [0.4, 0.5) is 0 Å². The van der Waals surface area contributed by atoms with Gasteiger partial charge in [-0.25, -0.2) is 4.98 Å². The van der Waals surface area contributed by atoms with E-state index in [9.17, 15) is 0 Å². The molecule has 0 saturated heterocycles. The molecule has 3 aliphatic carbocycles. The first kappa shape index (κ1) is 17.4. The lowest BCUT2D eigenvalue weighted by molar-refractivity contribution is 0.107. The van der Waals surface area contributed by atoms with Gasteiger partial charge in [-0.3, -0.25) is 0 Å². The van der Waals surface area contributed by atoms with Crippen molar-refractivity contribution in [3.8, 4) is 23.2 Å². The van der Waals surface area contributed by atoms with Gasteiger partial charge >= 0.3 is 0 Å². The van der Waals surface area contributed by atoms with Crippen molar-refractivity contribution in [2.75, 3.05) is 14.1 Å². The molecule has 5 nitrogen and oxygen atoms in total. The standard InChI is InChI=1S/C21H28N4O/c1-25(2)16-7-9-17(10-8-16)26-21-20-18(23-13-24-21)12-15-6-5-14(19(15)20)4-3-11-22/h12-14,16-17H,3-10H2,1-2H3,(H,23,24)/t14-,16?,17?/m0/s1. The molecule has 0 unspecified atom stereocenters. The van der Waals surface area contributed by atoms with Gasteiger partial charge in [0.05, 0.1) is 23.7 Å². The molecule has 0 bridgehead atoms. The van der Waals surface area contributed by atoms with E-state index in [0.717, 1.165) is 49.2 Å². The number of rotatable bonds is 5. The first-order valence-electron chi connectivity index (χ1n) is 9.86. The van der Waals surface area contributed by atoms with Gasteiger partial charge < -0.3 is 14.6 Å². The second-order valence-corrected chi connectivity index (χ2v) is 8.02. The van der Waals surface area contributed by atoms with Crippen LogP contribution in [-0.2, 0) is 6.42 Å². The Morgan fingerprint density at radius 2 is 2.08 bits per heavy atom. The van der Waals surface area contributed by atoms with Crippen molar-refractivity contribution in [1.82, 2.24) is 14.9 Å². The van der Waals surface area contributed by atoms with Gasteiger partial charge in [0.1, 0.15) is 6.10 Å². The molecule has 0 aromatic rings. The molecule has 1 heterocycles. The zero-order chi connectivity index (χ0) is 18.1. The van der Waals surface area contributed by atoms with Crippen molar-refractivity contribution in [2.45, 2.75) is 69.4 Å². The topological polar surface area (TPSA) is 64.9 Å². The fourth-order valence-corrected chi connectivity index (χ4v) is 4.80. The average molecular weight is 352 g/mol. The summed E-state index contributed by atoms with van der Waals surface area (Å²) in [5, 5.41) is 8.97. The molecule has 4 aliphatic rings. The average Bonchev–Trinajstić information content (AvgIpc) is 3.20. The number of fused-ring (bicyclic) bond motifs is 3. The van der Waals surface area contributed by atoms with Crippen LogP contribution >= 0.6 is 0 Å². The number of ether oxygens (including phenoxy) is 1. The summed E-state index contributed by atoms with van der Waals surface area (Å²) < 4.78 is 6.42. The predicted molar refractivity (Wildman–Crippen MR) is 101 cm³/mol. The van der Waals surface area contributed by atoms with E-state index in [-0.39, 0.29) is 6.10 Å². The molecule has 0 aromatic carbocycles. The van der Waals surface area contributed by atoms with E-state index in [1.807, 2.05) is 0 Å². The summed E-state index contributed by atoms with van der Waals surface area (Å²) in [5.74, 6) is 1.25. The first-order valence-corrected chi connectivity index (χ1v) is 9.86. The zero-order valence-corrected chi connectivity index (χ0v) is 15.8. The van der Waals surface area contributed by atoms with Crippen LogP contribution in [0.2, 0.25) is 0 Å². The number of nitriles is 1. The maximum Gasteiger partial charge on any atom is 0.224 e. The molecule has 0 aromatic heterocycles. The van der Waals surface area contributed by atoms with Crippen molar-refractivity contribution in [3.63, 3.8) is 0 Å². The number of hydrogen-bond acceptors (Lipinski definition) is 4. The fourth-order valence-electron chi connectivity index (χ4n) is 4.80. The molecule has 4 rings (SSSR count). The van der Waals surface area contributed by atoms with Gasteiger partial charge in [0, 0.05) is 12.5 Å². The molecule has 1 aliphatic heterocycles. The summed E-state index contributed by atoms with van der Waals surface area (Å²) in [7, 11) is 4.33. The molecular formula is C21H28N4O. The van der Waals surface area contributed by atoms with Crippen molar-refractivity contribution in [2.24, 2.45) is 0 Å². The Hall–Kier alpha value is -2.06. The fraction of sp³-hybridized carbons (Fsp3) is 0.619. The highest BCUT2D eigenvalue weighted by Gasteiger charge is 2.33. The molecule has 1 atom stereocenters. The molecule has 0 radical (unpaired) electrons. The number of nitrogens with zero attached hydrogens (tertiary/aromatic N) is 3. The van der Waals surface area contributed by atoms with Crippen molar-refractivity contribution >= 4 is 0 Å². The smallest absolute Gasteiger partial charge is 0.224 e. The highest BCUT2D eigenvalue weighted by Crippen LogP contribution is 2.48. The Kier molecular flexibility index (Phi) is 4.86. The van der Waals surface area contributed by atoms with Crippen LogP contribution in [0.15, 0.2) is 12.4 Å². The lowest BCUT2D eigenvalue weighted by atomic mass is 9.92. The van der Waals surface area contributed by atoms with E-state index in [4.69, 9.17) is 10.00 Å². The Balaban J connectivity index is 1.56. The summed E-state index contributed by atoms with van der Waals surface area (Å²) >= 11 is 0. The zero-order valence-electron chi connectivity index (χ0n) is 15.8. The van der Waals surface area contributed by atoms with E-state index < -0.39 is 0 Å². The second-order valence-electron chi connectivity index (χ2n) is 8.02. The van der Waals surface area contributed by atoms with Gasteiger partial charge in [-0.05, 0) is 82.2 Å². The van der Waals surface area contributed by atoms with Crippen LogP contribution in [0.5, 0.6) is 5.88 Å². The summed E-state index contributed by atoms with van der Waals surface area (Å²) in [6, 6.07) is 5.23. The number of H-pyrrole nitrogens is 1. The minimum absolute atomic E-state index is 0.258. The normalized spacial score (nSPS) is 25.4. The number of hydrogen-bond donors (Lipinski definition) is 1. The number of aromatic nitrogens is 2. The van der Waals surface area contributed by atoms with Gasteiger partial charge in [-0.1, -0.05) is 0 Å². The highest BCUT2D eigenvalue weighted by molar-refractivity contribution is 5.76. The minimum Gasteiger partial charge on any atom is -0.474 e. The third-order valence-electron chi connectivity index (χ3n) is 6.25. The molecule has 5 heteroatoms. The third kappa shape index (κ3) is 3.19. The van der Waals surface area contributed by atoms with E-state index in [1.165, 1.54) is 24.0 Å². The van der Waals surface area contributed by atoms with Crippen LogP contribution in [0.1, 0.15) is 62.0 Å². The quantitative estimate of drug-likeness (QED) is 0.880. The second kappa shape index (κ2) is 7.28. The molecule has 1 saturated carbocycles. The van der Waals surface area contributed by atoms with Gasteiger partial charge in [-0.2, -0.15) is 5.26 Å². The van der Waals surface area contributed by atoms with Crippen LogP contribution in [0.25, 0.3) is 11.3 Å². The van der Waals surface area contributed by atoms with Crippen LogP contribution < -0.4 is 4.74 Å². The van der Waals surface area contributed by atoms with E-state index >= 15 is 0 Å².